The lowest BCUT2D eigenvalue weighted by Gasteiger charge is -2.02. The van der Waals surface area contributed by atoms with Gasteiger partial charge in [0.25, 0.3) is 0 Å². The van der Waals surface area contributed by atoms with Crippen molar-refractivity contribution in [2.75, 3.05) is 5.32 Å². The van der Waals surface area contributed by atoms with Gasteiger partial charge in [-0.25, -0.2) is 15.0 Å². The molecule has 14 heavy (non-hydrogen) atoms. The third-order valence-electron chi connectivity index (χ3n) is 1.62. The van der Waals surface area contributed by atoms with E-state index in [1.807, 2.05) is 0 Å². The van der Waals surface area contributed by atoms with Crippen LogP contribution in [-0.4, -0.2) is 20.1 Å². The molecule has 0 aliphatic rings. The van der Waals surface area contributed by atoms with E-state index in [0.717, 1.165) is 5.69 Å². The Morgan fingerprint density at radius 2 is 1.64 bits per heavy atom. The predicted octanol–water partition coefficient (Wildman–Crippen LogP) is 1.32. The van der Waals surface area contributed by atoms with Crippen molar-refractivity contribution < 1.29 is 5.11 Å². The minimum absolute atomic E-state index is 0.228. The van der Waals surface area contributed by atoms with Gasteiger partial charge in [0.05, 0.1) is 0 Å². The van der Waals surface area contributed by atoms with Crippen molar-refractivity contribution in [2.45, 2.75) is 0 Å². The number of hydrogen-bond acceptors (Lipinski definition) is 5. The van der Waals surface area contributed by atoms with Crippen LogP contribution in [0.5, 0.6) is 5.75 Å². The van der Waals surface area contributed by atoms with Gasteiger partial charge in [-0.05, 0) is 24.3 Å². The number of rotatable bonds is 2. The molecule has 2 N–H and O–H groups in total. The summed E-state index contributed by atoms with van der Waals surface area (Å²) in [4.78, 5) is 11.5. The Labute approximate surface area is 80.5 Å². The second kappa shape index (κ2) is 3.69. The minimum Gasteiger partial charge on any atom is -0.508 e. The Bertz CT molecular complexity index is 401. The Morgan fingerprint density at radius 3 is 2.29 bits per heavy atom. The van der Waals surface area contributed by atoms with Crippen molar-refractivity contribution in [3.63, 3.8) is 0 Å². The van der Waals surface area contributed by atoms with Gasteiger partial charge in [-0.15, -0.1) is 0 Å². The molecule has 5 heteroatoms. The maximum absolute atomic E-state index is 9.05. The molecule has 1 aromatic carbocycles. The highest BCUT2D eigenvalue weighted by atomic mass is 16.3. The van der Waals surface area contributed by atoms with Crippen LogP contribution in [0.15, 0.2) is 36.9 Å². The molecule has 70 valence electrons. The van der Waals surface area contributed by atoms with Crippen LogP contribution in [0.4, 0.5) is 11.6 Å². The molecular weight excluding hydrogens is 180 g/mol. The molecule has 2 aromatic rings. The van der Waals surface area contributed by atoms with Crippen LogP contribution in [0.25, 0.3) is 0 Å². The van der Waals surface area contributed by atoms with Gasteiger partial charge < -0.3 is 10.4 Å². The maximum atomic E-state index is 9.05. The number of benzene rings is 1. The van der Waals surface area contributed by atoms with Crippen molar-refractivity contribution >= 4 is 11.6 Å². The van der Waals surface area contributed by atoms with Gasteiger partial charge in [0, 0.05) is 5.69 Å². The van der Waals surface area contributed by atoms with E-state index in [4.69, 9.17) is 5.11 Å². The topological polar surface area (TPSA) is 70.9 Å². The first-order chi connectivity index (χ1) is 6.84. The predicted molar refractivity (Wildman–Crippen MR) is 51.2 cm³/mol. The van der Waals surface area contributed by atoms with E-state index in [0.29, 0.717) is 5.95 Å². The third kappa shape index (κ3) is 1.95. The summed E-state index contributed by atoms with van der Waals surface area (Å²) in [5.74, 6) is 0.705. The molecule has 1 heterocycles. The maximum Gasteiger partial charge on any atom is 0.230 e. The van der Waals surface area contributed by atoms with E-state index in [1.54, 1.807) is 24.3 Å². The van der Waals surface area contributed by atoms with Crippen molar-refractivity contribution in [1.82, 2.24) is 15.0 Å². The zero-order valence-electron chi connectivity index (χ0n) is 7.25. The van der Waals surface area contributed by atoms with Crippen LogP contribution in [0.2, 0.25) is 0 Å². The summed E-state index contributed by atoms with van der Waals surface area (Å²) in [7, 11) is 0. The van der Waals surface area contributed by atoms with Gasteiger partial charge >= 0.3 is 0 Å². The lowest BCUT2D eigenvalue weighted by atomic mass is 10.3. The fraction of sp³-hybridized carbons (Fsp3) is 0. The summed E-state index contributed by atoms with van der Waals surface area (Å²) in [5, 5.41) is 12.0. The molecule has 1 aromatic heterocycles. The minimum atomic E-state index is 0.228. The van der Waals surface area contributed by atoms with Gasteiger partial charge in [0.2, 0.25) is 5.95 Å². The van der Waals surface area contributed by atoms with Crippen molar-refractivity contribution in [3.8, 4) is 5.75 Å². The number of anilines is 2. The van der Waals surface area contributed by atoms with E-state index in [9.17, 15) is 0 Å². The van der Waals surface area contributed by atoms with Gasteiger partial charge in [0.15, 0.2) is 0 Å². The largest absolute Gasteiger partial charge is 0.508 e. The highest BCUT2D eigenvalue weighted by Gasteiger charge is 1.95. The molecule has 2 rings (SSSR count). The second-order valence-corrected chi connectivity index (χ2v) is 2.63. The van der Waals surface area contributed by atoms with Crippen LogP contribution in [-0.2, 0) is 0 Å². The molecule has 5 nitrogen and oxygen atoms in total. The molecular formula is C9H8N4O. The molecule has 0 saturated heterocycles. The van der Waals surface area contributed by atoms with Crippen molar-refractivity contribution in [2.24, 2.45) is 0 Å². The van der Waals surface area contributed by atoms with E-state index >= 15 is 0 Å². The molecule has 0 radical (unpaired) electrons. The van der Waals surface area contributed by atoms with E-state index in [1.165, 1.54) is 12.7 Å². The zero-order valence-corrected chi connectivity index (χ0v) is 7.25. The average molecular weight is 188 g/mol. The normalized spacial score (nSPS) is 9.71. The molecule has 0 spiro atoms. The number of aromatic hydroxyl groups is 1. The number of phenolic OH excluding ortho intramolecular Hbond substituents is 1. The van der Waals surface area contributed by atoms with E-state index in [2.05, 4.69) is 20.3 Å². The highest BCUT2D eigenvalue weighted by Crippen LogP contribution is 2.15. The number of aromatic nitrogens is 3. The highest BCUT2D eigenvalue weighted by molar-refractivity contribution is 5.53. The van der Waals surface area contributed by atoms with Crippen molar-refractivity contribution in [3.05, 3.63) is 36.9 Å². The molecule has 0 atom stereocenters. The lowest BCUT2D eigenvalue weighted by Crippen LogP contribution is -1.96. The Kier molecular flexibility index (Phi) is 2.22. The number of hydrogen-bond donors (Lipinski definition) is 2. The average Bonchev–Trinajstić information content (AvgIpc) is 2.23. The summed E-state index contributed by atoms with van der Waals surface area (Å²) in [6.07, 6.45) is 2.82. The molecule has 0 fully saturated rings. The van der Waals surface area contributed by atoms with E-state index in [-0.39, 0.29) is 5.75 Å². The monoisotopic (exact) mass is 188 g/mol. The summed E-state index contributed by atoms with van der Waals surface area (Å²) in [6, 6.07) is 6.64. The van der Waals surface area contributed by atoms with Crippen LogP contribution in [0.1, 0.15) is 0 Å². The Morgan fingerprint density at radius 1 is 1.00 bits per heavy atom. The SMILES string of the molecule is Oc1ccc(Nc2ncncn2)cc1. The zero-order chi connectivity index (χ0) is 9.80. The number of nitrogens with zero attached hydrogens (tertiary/aromatic N) is 3. The first-order valence-corrected chi connectivity index (χ1v) is 4.02. The molecule has 0 amide bonds. The second-order valence-electron chi connectivity index (χ2n) is 2.63. The summed E-state index contributed by atoms with van der Waals surface area (Å²) in [6.45, 7) is 0. The van der Waals surface area contributed by atoms with Gasteiger partial charge in [-0.3, -0.25) is 0 Å². The van der Waals surface area contributed by atoms with Gasteiger partial charge in [-0.1, -0.05) is 0 Å². The fourth-order valence-electron chi connectivity index (χ4n) is 0.978. The molecule has 0 unspecified atom stereocenters. The van der Waals surface area contributed by atoms with Crippen LogP contribution in [0.3, 0.4) is 0 Å². The Hall–Kier alpha value is -2.17. The van der Waals surface area contributed by atoms with Gasteiger partial charge in [-0.2, -0.15) is 0 Å². The van der Waals surface area contributed by atoms with Crippen LogP contribution < -0.4 is 5.32 Å². The van der Waals surface area contributed by atoms with Crippen LogP contribution in [0, 0.1) is 0 Å². The van der Waals surface area contributed by atoms with Gasteiger partial charge in [0.1, 0.15) is 18.4 Å². The first kappa shape index (κ1) is 8.43. The lowest BCUT2D eigenvalue weighted by molar-refractivity contribution is 0.475. The molecule has 0 saturated carbocycles. The first-order valence-electron chi connectivity index (χ1n) is 4.02. The number of nitrogens with one attached hydrogen (secondary N) is 1. The smallest absolute Gasteiger partial charge is 0.230 e. The molecule has 0 aliphatic heterocycles. The summed E-state index contributed by atoms with van der Waals surface area (Å²) < 4.78 is 0. The number of phenols is 1. The fourth-order valence-corrected chi connectivity index (χ4v) is 0.978. The third-order valence-corrected chi connectivity index (χ3v) is 1.62. The van der Waals surface area contributed by atoms with E-state index < -0.39 is 0 Å². The van der Waals surface area contributed by atoms with Crippen molar-refractivity contribution in [1.29, 1.82) is 0 Å². The van der Waals surface area contributed by atoms with Crippen LogP contribution >= 0.6 is 0 Å². The Balaban J connectivity index is 2.16. The quantitative estimate of drug-likeness (QED) is 0.695. The summed E-state index contributed by atoms with van der Waals surface area (Å²) >= 11 is 0. The molecule has 0 aliphatic carbocycles. The summed E-state index contributed by atoms with van der Waals surface area (Å²) in [5.41, 5.74) is 0.814. The standard InChI is InChI=1S/C9H8N4O/c14-8-3-1-7(2-4-8)13-9-11-5-10-6-12-9/h1-6,14H,(H,10,11,12,13). The molecule has 0 bridgehead atoms.